The van der Waals surface area contributed by atoms with Crippen molar-refractivity contribution >= 4 is 23.9 Å². The molecule has 0 amide bonds. The van der Waals surface area contributed by atoms with E-state index >= 15 is 0 Å². The summed E-state index contributed by atoms with van der Waals surface area (Å²) < 4.78 is 5.30. The first kappa shape index (κ1) is 14.3. The molecule has 98 valence electrons. The molecule has 0 heterocycles. The second kappa shape index (κ2) is 6.86. The lowest BCUT2D eigenvalue weighted by Crippen LogP contribution is -2.02. The van der Waals surface area contributed by atoms with Gasteiger partial charge in [0.2, 0.25) is 0 Å². The molecular formula is C12H13ClO5. The van der Waals surface area contributed by atoms with E-state index in [0.29, 0.717) is 19.1 Å². The van der Waals surface area contributed by atoms with Crippen LogP contribution in [0.25, 0.3) is 0 Å². The molecule has 0 saturated heterocycles. The monoisotopic (exact) mass is 272 g/mol. The number of aldehydes is 1. The highest BCUT2D eigenvalue weighted by atomic mass is 35.5. The number of rotatable bonds is 7. The average molecular weight is 273 g/mol. The number of aromatic hydroxyl groups is 1. The molecule has 0 bridgehead atoms. The molecule has 0 radical (unpaired) electrons. The van der Waals surface area contributed by atoms with Gasteiger partial charge in [-0.25, -0.2) is 0 Å². The third kappa shape index (κ3) is 3.92. The maximum absolute atomic E-state index is 10.8. The summed E-state index contributed by atoms with van der Waals surface area (Å²) in [5.74, 6) is -0.926. The van der Waals surface area contributed by atoms with Crippen molar-refractivity contribution in [1.82, 2.24) is 0 Å². The minimum atomic E-state index is -0.854. The quantitative estimate of drug-likeness (QED) is 0.588. The van der Waals surface area contributed by atoms with Crippen LogP contribution in [0.3, 0.4) is 0 Å². The number of benzene rings is 1. The van der Waals surface area contributed by atoms with Gasteiger partial charge in [0.25, 0.3) is 0 Å². The van der Waals surface area contributed by atoms with Crippen LogP contribution in [0.2, 0.25) is 5.02 Å². The smallest absolute Gasteiger partial charge is 0.303 e. The van der Waals surface area contributed by atoms with E-state index in [4.69, 9.17) is 21.4 Å². The maximum atomic E-state index is 10.8. The lowest BCUT2D eigenvalue weighted by molar-refractivity contribution is -0.137. The third-order valence-electron chi connectivity index (χ3n) is 2.29. The summed E-state index contributed by atoms with van der Waals surface area (Å²) >= 11 is 5.65. The summed E-state index contributed by atoms with van der Waals surface area (Å²) in [6, 6.07) is 2.92. The fourth-order valence-electron chi connectivity index (χ4n) is 1.36. The maximum Gasteiger partial charge on any atom is 0.303 e. The molecule has 18 heavy (non-hydrogen) atoms. The van der Waals surface area contributed by atoms with Crippen LogP contribution in [-0.4, -0.2) is 29.1 Å². The Bertz CT molecular complexity index is 444. The highest BCUT2D eigenvalue weighted by molar-refractivity contribution is 6.32. The average Bonchev–Trinajstić information content (AvgIpc) is 2.33. The van der Waals surface area contributed by atoms with Crippen molar-refractivity contribution in [3.05, 3.63) is 22.7 Å². The molecule has 0 unspecified atom stereocenters. The number of hydrogen-bond acceptors (Lipinski definition) is 4. The van der Waals surface area contributed by atoms with Crippen molar-refractivity contribution < 1.29 is 24.5 Å². The topological polar surface area (TPSA) is 83.8 Å². The Labute approximate surface area is 109 Å². The number of carbonyl (C=O) groups excluding carboxylic acids is 1. The normalized spacial score (nSPS) is 10.1. The molecule has 1 rings (SSSR count). The third-order valence-corrected chi connectivity index (χ3v) is 2.59. The fraction of sp³-hybridized carbons (Fsp3) is 0.333. The SMILES string of the molecule is O=Cc1c(OCCCCC(=O)O)ccc(Cl)c1O. The molecule has 0 fully saturated rings. The standard InChI is InChI=1S/C12H13ClO5/c13-9-4-5-10(8(7-14)12(9)17)18-6-2-1-3-11(15)16/h4-5,7,17H,1-3,6H2,(H,15,16). The summed E-state index contributed by atoms with van der Waals surface area (Å²) in [7, 11) is 0. The zero-order valence-corrected chi connectivity index (χ0v) is 10.3. The van der Waals surface area contributed by atoms with Gasteiger partial charge in [0.05, 0.1) is 17.2 Å². The molecule has 0 aromatic heterocycles. The first-order chi connectivity index (χ1) is 8.56. The van der Waals surface area contributed by atoms with E-state index in [-0.39, 0.29) is 35.1 Å². The molecule has 0 atom stereocenters. The summed E-state index contributed by atoms with van der Waals surface area (Å²) in [6.07, 6.45) is 1.59. The van der Waals surface area contributed by atoms with Crippen molar-refractivity contribution in [2.24, 2.45) is 0 Å². The van der Waals surface area contributed by atoms with Crippen LogP contribution in [0.5, 0.6) is 11.5 Å². The molecule has 5 nitrogen and oxygen atoms in total. The zero-order chi connectivity index (χ0) is 13.5. The Balaban J connectivity index is 2.55. The zero-order valence-electron chi connectivity index (χ0n) is 9.56. The van der Waals surface area contributed by atoms with E-state index in [2.05, 4.69) is 0 Å². The van der Waals surface area contributed by atoms with Gasteiger partial charge in [0.1, 0.15) is 11.5 Å². The molecule has 0 saturated carbocycles. The van der Waals surface area contributed by atoms with Crippen molar-refractivity contribution in [1.29, 1.82) is 0 Å². The summed E-state index contributed by atoms with van der Waals surface area (Å²) in [5.41, 5.74) is 0.000680. The molecule has 1 aromatic rings. The molecule has 2 N–H and O–H groups in total. The van der Waals surface area contributed by atoms with E-state index in [1.165, 1.54) is 12.1 Å². The first-order valence-electron chi connectivity index (χ1n) is 5.37. The van der Waals surface area contributed by atoms with Gasteiger partial charge in [-0.1, -0.05) is 11.6 Å². The van der Waals surface area contributed by atoms with Crippen LogP contribution in [0.4, 0.5) is 0 Å². The van der Waals surface area contributed by atoms with Crippen LogP contribution in [0, 0.1) is 0 Å². The number of ether oxygens (including phenoxy) is 1. The Morgan fingerprint density at radius 2 is 2.11 bits per heavy atom. The number of carboxylic acids is 1. The first-order valence-corrected chi connectivity index (χ1v) is 5.75. The highest BCUT2D eigenvalue weighted by Crippen LogP contribution is 2.33. The minimum absolute atomic E-state index is 0.000680. The number of halogens is 1. The van der Waals surface area contributed by atoms with Crippen LogP contribution < -0.4 is 4.74 Å². The Morgan fingerprint density at radius 3 is 2.72 bits per heavy atom. The molecule has 0 aliphatic heterocycles. The molecule has 0 aliphatic carbocycles. The van der Waals surface area contributed by atoms with Gasteiger partial charge in [-0.15, -0.1) is 0 Å². The van der Waals surface area contributed by atoms with E-state index in [9.17, 15) is 14.7 Å². The second-order valence-electron chi connectivity index (χ2n) is 3.62. The van der Waals surface area contributed by atoms with Crippen molar-refractivity contribution in [3.8, 4) is 11.5 Å². The lowest BCUT2D eigenvalue weighted by Gasteiger charge is -2.09. The number of carbonyl (C=O) groups is 2. The van der Waals surface area contributed by atoms with Crippen LogP contribution >= 0.6 is 11.6 Å². The number of phenolic OH excluding ortho intramolecular Hbond substituents is 1. The summed E-state index contributed by atoms with van der Waals surface area (Å²) in [4.78, 5) is 21.1. The second-order valence-corrected chi connectivity index (χ2v) is 4.03. The minimum Gasteiger partial charge on any atom is -0.505 e. The Kier molecular flexibility index (Phi) is 5.45. The summed E-state index contributed by atoms with van der Waals surface area (Å²) in [6.45, 7) is 0.273. The van der Waals surface area contributed by atoms with Gasteiger partial charge in [0, 0.05) is 6.42 Å². The Hall–Kier alpha value is -1.75. The van der Waals surface area contributed by atoms with Crippen LogP contribution in [0.1, 0.15) is 29.6 Å². The fourth-order valence-corrected chi connectivity index (χ4v) is 1.53. The highest BCUT2D eigenvalue weighted by Gasteiger charge is 2.11. The van der Waals surface area contributed by atoms with Crippen LogP contribution in [0.15, 0.2) is 12.1 Å². The number of hydrogen-bond donors (Lipinski definition) is 2. The van der Waals surface area contributed by atoms with Gasteiger partial charge in [0.15, 0.2) is 6.29 Å². The van der Waals surface area contributed by atoms with Gasteiger partial charge in [-0.05, 0) is 25.0 Å². The lowest BCUT2D eigenvalue weighted by atomic mass is 10.2. The van der Waals surface area contributed by atoms with Crippen molar-refractivity contribution in [2.45, 2.75) is 19.3 Å². The largest absolute Gasteiger partial charge is 0.505 e. The number of unbranched alkanes of at least 4 members (excludes halogenated alkanes) is 1. The molecular weight excluding hydrogens is 260 g/mol. The van der Waals surface area contributed by atoms with Gasteiger partial charge in [-0.3, -0.25) is 9.59 Å². The molecule has 6 heteroatoms. The van der Waals surface area contributed by atoms with Gasteiger partial charge >= 0.3 is 5.97 Å². The van der Waals surface area contributed by atoms with Crippen LogP contribution in [-0.2, 0) is 4.79 Å². The predicted molar refractivity (Wildman–Crippen MR) is 65.5 cm³/mol. The number of aliphatic carboxylic acids is 1. The van der Waals surface area contributed by atoms with Crippen molar-refractivity contribution in [2.75, 3.05) is 6.61 Å². The molecule has 0 spiro atoms. The van der Waals surface area contributed by atoms with E-state index in [1.54, 1.807) is 0 Å². The van der Waals surface area contributed by atoms with E-state index in [1.807, 2.05) is 0 Å². The predicted octanol–water partition coefficient (Wildman–Crippen LogP) is 2.49. The number of carboxylic acid groups (broad SMARTS) is 1. The van der Waals surface area contributed by atoms with Crippen molar-refractivity contribution in [3.63, 3.8) is 0 Å². The molecule has 0 aliphatic rings. The Morgan fingerprint density at radius 1 is 1.39 bits per heavy atom. The molecule has 1 aromatic carbocycles. The van der Waals surface area contributed by atoms with Gasteiger partial charge < -0.3 is 14.9 Å². The van der Waals surface area contributed by atoms with E-state index in [0.717, 1.165) is 0 Å². The van der Waals surface area contributed by atoms with Gasteiger partial charge in [-0.2, -0.15) is 0 Å². The number of phenols is 1. The summed E-state index contributed by atoms with van der Waals surface area (Å²) in [5, 5.41) is 18.1. The van der Waals surface area contributed by atoms with E-state index < -0.39 is 5.97 Å².